The molecule has 0 bridgehead atoms. The smallest absolute Gasteiger partial charge is 0.293 e. The number of hydrogen-bond acceptors (Lipinski definition) is 11. The van der Waals surface area contributed by atoms with Crippen LogP contribution in [0.15, 0.2) is 0 Å². The summed E-state index contributed by atoms with van der Waals surface area (Å²) in [5.74, 6) is 0. The largest absolute Gasteiger partial charge is 0.456 e. The molecule has 2 rings (SSSR count). The Balaban J connectivity index is 2.15. The van der Waals surface area contributed by atoms with Gasteiger partial charge in [0.05, 0.1) is 19.3 Å². The van der Waals surface area contributed by atoms with Crippen LogP contribution in [-0.2, 0) is 23.7 Å². The zero-order valence-corrected chi connectivity index (χ0v) is 13.5. The van der Waals surface area contributed by atoms with E-state index in [9.17, 15) is 30.3 Å². The van der Waals surface area contributed by atoms with Crippen LogP contribution >= 0.6 is 0 Å². The van der Waals surface area contributed by atoms with Crippen molar-refractivity contribution in [3.05, 3.63) is 0 Å². The Morgan fingerprint density at radius 3 is 1.92 bits per heavy atom. The van der Waals surface area contributed by atoms with E-state index in [4.69, 9.17) is 24.1 Å². The minimum atomic E-state index is -1.60. The minimum Gasteiger partial charge on any atom is -0.456 e. The van der Waals surface area contributed by atoms with E-state index in [1.165, 1.54) is 6.92 Å². The summed E-state index contributed by atoms with van der Waals surface area (Å²) in [5.41, 5.74) is 0. The van der Waals surface area contributed by atoms with E-state index in [1.807, 2.05) is 0 Å². The third-order valence-corrected chi connectivity index (χ3v) is 4.43. The second-order valence-electron chi connectivity index (χ2n) is 6.05. The van der Waals surface area contributed by atoms with Gasteiger partial charge in [-0.2, -0.15) is 0 Å². The van der Waals surface area contributed by atoms with Crippen LogP contribution in [0.2, 0.25) is 0 Å². The first-order chi connectivity index (χ1) is 11.8. The van der Waals surface area contributed by atoms with Gasteiger partial charge in [0.25, 0.3) is 6.47 Å². The molecule has 6 N–H and O–H groups in total. The molecule has 0 amide bonds. The van der Waals surface area contributed by atoms with E-state index in [2.05, 4.69) is 0 Å². The van der Waals surface area contributed by atoms with Crippen molar-refractivity contribution in [2.75, 3.05) is 13.2 Å². The SMILES string of the molecule is CC1O[C@@H](CO)[C@@H](O)[C@H](O)[C@@H]1O[C@H]1O[C@H](CO)[C@@H](O)[C@H](O)[C@@H]1OC=O. The fourth-order valence-electron chi connectivity index (χ4n) is 3.00. The van der Waals surface area contributed by atoms with Gasteiger partial charge >= 0.3 is 0 Å². The van der Waals surface area contributed by atoms with Gasteiger partial charge < -0.3 is 49.6 Å². The van der Waals surface area contributed by atoms with Crippen LogP contribution in [0.5, 0.6) is 0 Å². The Bertz CT molecular complexity index is 435. The molecule has 11 nitrogen and oxygen atoms in total. The van der Waals surface area contributed by atoms with E-state index >= 15 is 0 Å². The molecule has 11 heteroatoms. The molecule has 0 aromatic carbocycles. The minimum absolute atomic E-state index is 0.0352. The van der Waals surface area contributed by atoms with Crippen LogP contribution in [0.4, 0.5) is 0 Å². The van der Waals surface area contributed by atoms with Gasteiger partial charge in [-0.3, -0.25) is 4.79 Å². The lowest BCUT2D eigenvalue weighted by atomic mass is 9.95. The number of ether oxygens (including phenoxy) is 4. The average Bonchev–Trinajstić information content (AvgIpc) is 2.60. The lowest BCUT2D eigenvalue weighted by Gasteiger charge is -2.46. The molecular weight excluding hydrogens is 344 g/mol. The fraction of sp³-hybridized carbons (Fsp3) is 0.929. The Kier molecular flexibility index (Phi) is 7.08. The summed E-state index contributed by atoms with van der Waals surface area (Å²) in [6.07, 6.45) is -13.0. The van der Waals surface area contributed by atoms with Gasteiger partial charge in [0.1, 0.15) is 42.7 Å². The first-order valence-corrected chi connectivity index (χ1v) is 7.85. The summed E-state index contributed by atoms with van der Waals surface area (Å²) in [5, 5.41) is 58.4. The van der Waals surface area contributed by atoms with Crippen LogP contribution in [0, 0.1) is 0 Å². The first-order valence-electron chi connectivity index (χ1n) is 7.85. The molecule has 2 heterocycles. The third kappa shape index (κ3) is 4.10. The lowest BCUT2D eigenvalue weighted by molar-refractivity contribution is -0.339. The molecule has 0 aliphatic carbocycles. The maximum Gasteiger partial charge on any atom is 0.293 e. The number of rotatable bonds is 6. The summed E-state index contributed by atoms with van der Waals surface area (Å²) in [6.45, 7) is 0.410. The van der Waals surface area contributed by atoms with Gasteiger partial charge in [-0.1, -0.05) is 0 Å². The number of hydrogen-bond donors (Lipinski definition) is 6. The van der Waals surface area contributed by atoms with Gasteiger partial charge in [-0.05, 0) is 6.92 Å². The highest BCUT2D eigenvalue weighted by molar-refractivity contribution is 5.37. The van der Waals surface area contributed by atoms with Crippen molar-refractivity contribution in [1.29, 1.82) is 0 Å². The molecule has 25 heavy (non-hydrogen) atoms. The van der Waals surface area contributed by atoms with Crippen molar-refractivity contribution in [3.8, 4) is 0 Å². The predicted octanol–water partition coefficient (Wildman–Crippen LogP) is -4.15. The zero-order valence-electron chi connectivity index (χ0n) is 13.5. The van der Waals surface area contributed by atoms with Crippen molar-refractivity contribution in [1.82, 2.24) is 0 Å². The highest BCUT2D eigenvalue weighted by Gasteiger charge is 2.50. The van der Waals surface area contributed by atoms with Crippen LogP contribution in [-0.4, -0.2) is 112 Å². The summed E-state index contributed by atoms with van der Waals surface area (Å²) in [7, 11) is 0. The van der Waals surface area contributed by atoms with E-state index in [0.717, 1.165) is 0 Å². The zero-order chi connectivity index (χ0) is 18.7. The molecule has 0 saturated carbocycles. The van der Waals surface area contributed by atoms with Crippen LogP contribution in [0.1, 0.15) is 6.92 Å². The maximum atomic E-state index is 10.7. The molecule has 0 aromatic heterocycles. The Morgan fingerprint density at radius 2 is 1.40 bits per heavy atom. The highest BCUT2D eigenvalue weighted by atomic mass is 16.7. The normalized spacial score (nSPS) is 48.1. The maximum absolute atomic E-state index is 10.7. The van der Waals surface area contributed by atoms with Gasteiger partial charge in [0, 0.05) is 0 Å². The molecule has 2 aliphatic heterocycles. The Hall–Kier alpha value is -0.890. The Morgan fingerprint density at radius 1 is 0.880 bits per heavy atom. The summed E-state index contributed by atoms with van der Waals surface area (Å²) in [6, 6.07) is 0. The molecule has 2 fully saturated rings. The topological polar surface area (TPSA) is 175 Å². The third-order valence-electron chi connectivity index (χ3n) is 4.43. The highest BCUT2D eigenvalue weighted by Crippen LogP contribution is 2.29. The van der Waals surface area contributed by atoms with Gasteiger partial charge in [-0.15, -0.1) is 0 Å². The van der Waals surface area contributed by atoms with E-state index in [1.54, 1.807) is 0 Å². The number of carbonyl (C=O) groups is 1. The molecule has 146 valence electrons. The lowest BCUT2D eigenvalue weighted by Crippen LogP contribution is -2.64. The quantitative estimate of drug-likeness (QED) is 0.251. The Labute approximate surface area is 143 Å². The van der Waals surface area contributed by atoms with Crippen molar-refractivity contribution in [3.63, 3.8) is 0 Å². The summed E-state index contributed by atoms with van der Waals surface area (Å²) < 4.78 is 20.9. The predicted molar refractivity (Wildman–Crippen MR) is 77.0 cm³/mol. The monoisotopic (exact) mass is 368 g/mol. The van der Waals surface area contributed by atoms with Gasteiger partial charge in [0.2, 0.25) is 0 Å². The number of aliphatic hydroxyl groups excluding tert-OH is 6. The molecule has 0 radical (unpaired) electrons. The van der Waals surface area contributed by atoms with Gasteiger partial charge in [0.15, 0.2) is 12.4 Å². The van der Waals surface area contributed by atoms with Gasteiger partial charge in [-0.25, -0.2) is 0 Å². The molecule has 2 saturated heterocycles. The van der Waals surface area contributed by atoms with Crippen molar-refractivity contribution < 1.29 is 54.4 Å². The first kappa shape index (κ1) is 20.4. The molecule has 2 aliphatic rings. The molecular formula is C14H24O11. The summed E-state index contributed by atoms with van der Waals surface area (Å²) in [4.78, 5) is 10.7. The van der Waals surface area contributed by atoms with Crippen molar-refractivity contribution in [2.24, 2.45) is 0 Å². The second-order valence-corrected chi connectivity index (χ2v) is 6.05. The van der Waals surface area contributed by atoms with E-state index < -0.39 is 74.4 Å². The number of carbonyl (C=O) groups excluding carboxylic acids is 1. The summed E-state index contributed by atoms with van der Waals surface area (Å²) >= 11 is 0. The fourth-order valence-corrected chi connectivity index (χ4v) is 3.00. The molecule has 0 aromatic rings. The molecule has 10 atom stereocenters. The second kappa shape index (κ2) is 8.66. The van der Waals surface area contributed by atoms with Crippen LogP contribution in [0.3, 0.4) is 0 Å². The van der Waals surface area contributed by atoms with Crippen molar-refractivity contribution in [2.45, 2.75) is 68.1 Å². The molecule has 0 spiro atoms. The van der Waals surface area contributed by atoms with Crippen LogP contribution in [0.25, 0.3) is 0 Å². The van der Waals surface area contributed by atoms with E-state index in [0.29, 0.717) is 0 Å². The molecule has 1 unspecified atom stereocenters. The van der Waals surface area contributed by atoms with Crippen LogP contribution < -0.4 is 0 Å². The number of aliphatic hydroxyl groups is 6. The standard InChI is InChI=1S/C14H24O11/c1-5-12(10(20)8(18)6(2-15)23-5)25-14-13(22-4-17)11(21)9(19)7(3-16)24-14/h4-16,18-21H,2-3H2,1H3/t5?,6-,7+,8+,9+,10-,11-,12+,13-,14+/m0/s1. The van der Waals surface area contributed by atoms with E-state index in [-0.39, 0.29) is 6.47 Å². The average molecular weight is 368 g/mol. The van der Waals surface area contributed by atoms with Crippen molar-refractivity contribution >= 4 is 6.47 Å².